The fraction of sp³-hybridized carbons (Fsp3) is 0.485. The highest BCUT2D eigenvalue weighted by Crippen LogP contribution is 2.50. The summed E-state index contributed by atoms with van der Waals surface area (Å²) in [6.45, 7) is 15.9. The summed E-state index contributed by atoms with van der Waals surface area (Å²) in [7, 11) is 0. The lowest BCUT2D eigenvalue weighted by atomic mass is 9.96. The van der Waals surface area contributed by atoms with Crippen molar-refractivity contribution in [2.45, 2.75) is 76.4 Å². The van der Waals surface area contributed by atoms with Crippen molar-refractivity contribution in [3.05, 3.63) is 71.8 Å². The van der Waals surface area contributed by atoms with Gasteiger partial charge in [0.1, 0.15) is 24.1 Å². The van der Waals surface area contributed by atoms with E-state index in [2.05, 4.69) is 35.7 Å². The Labute approximate surface area is 291 Å². The zero-order valence-corrected chi connectivity index (χ0v) is 29.7. The molecular weight excluding hydrogens is 664 g/mol. The minimum Gasteiger partial charge on any atom is -0.480 e. The number of β-lactam (4-membered cyclic amide) rings is 1. The summed E-state index contributed by atoms with van der Waals surface area (Å²) >= 11 is 6.18. The molecule has 2 heterocycles. The number of alkyl carbamates (subject to hydrolysis) is 1. The van der Waals surface area contributed by atoms with E-state index in [-0.39, 0.29) is 17.9 Å². The molecule has 4 rings (SSSR count). The number of rotatable bonds is 10. The number of fused-ring (bicyclic) bond motifs is 1. The van der Waals surface area contributed by atoms with Crippen molar-refractivity contribution in [2.75, 3.05) is 26.2 Å². The second kappa shape index (κ2) is 21.2. The van der Waals surface area contributed by atoms with Crippen LogP contribution in [0.1, 0.15) is 58.7 Å². The SMILES string of the molecule is CC1(C)S[C@@H]2[C@H](N)C(=O)N2[C@H]1C(=O)O.CCN(CC)CC.CCOC(=O)Cl.O=C(N[C@H](C(=O)O)c1ccccc1)OCc1ccccc1. The summed E-state index contributed by atoms with van der Waals surface area (Å²) in [6, 6.07) is 15.2. The first-order valence-corrected chi connectivity index (χ1v) is 16.7. The third kappa shape index (κ3) is 13.3. The number of carboxylic acids is 2. The Morgan fingerprint density at radius 3 is 1.88 bits per heavy atom. The molecule has 4 atom stereocenters. The molecule has 5 N–H and O–H groups in total. The predicted octanol–water partition coefficient (Wildman–Crippen LogP) is 4.93. The van der Waals surface area contributed by atoms with Crippen molar-refractivity contribution in [1.29, 1.82) is 0 Å². The summed E-state index contributed by atoms with van der Waals surface area (Å²) in [5, 5.41) is 20.4. The number of nitrogens with zero attached hydrogens (tertiary/aromatic N) is 2. The quantitative estimate of drug-likeness (QED) is 0.193. The highest BCUT2D eigenvalue weighted by atomic mass is 35.5. The fourth-order valence-corrected chi connectivity index (χ4v) is 6.32. The van der Waals surface area contributed by atoms with Crippen LogP contribution < -0.4 is 11.1 Å². The molecule has 2 saturated heterocycles. The lowest BCUT2D eigenvalue weighted by Crippen LogP contribution is -2.68. The maximum Gasteiger partial charge on any atom is 0.408 e. The third-order valence-electron chi connectivity index (χ3n) is 7.17. The first kappa shape index (κ1) is 42.2. The van der Waals surface area contributed by atoms with E-state index in [0.29, 0.717) is 12.2 Å². The fourth-order valence-electron chi connectivity index (χ4n) is 4.64. The molecule has 2 aromatic rings. The molecule has 0 unspecified atom stereocenters. The Morgan fingerprint density at radius 1 is 0.958 bits per heavy atom. The van der Waals surface area contributed by atoms with Crippen molar-refractivity contribution in [3.8, 4) is 0 Å². The van der Waals surface area contributed by atoms with Crippen molar-refractivity contribution < 1.29 is 43.7 Å². The predicted molar refractivity (Wildman–Crippen MR) is 185 cm³/mol. The highest BCUT2D eigenvalue weighted by Gasteiger charge is 2.62. The van der Waals surface area contributed by atoms with Gasteiger partial charge >= 0.3 is 23.5 Å². The van der Waals surface area contributed by atoms with Gasteiger partial charge in [0.2, 0.25) is 5.91 Å². The number of carboxylic acid groups (broad SMARTS) is 2. The standard InChI is InChI=1S/C16H15NO4.C8H12N2O3S.C6H15N.C3H5ClO2/c18-15(19)14(13-9-5-2-6-10-13)17-16(20)21-11-12-7-3-1-4-8-12;1-8(2)4(7(12)13)10-5(11)3(9)6(10)14-8;1-4-7(5-2)6-3;1-2-6-3(4)5/h1-10,14H,11H2,(H,17,20)(H,18,19);3-4,6H,9H2,1-2H3,(H,12,13);4-6H2,1-3H3;2H2,1H3/t14-;3-,4+,6-;;/m01../s1. The van der Waals surface area contributed by atoms with Gasteiger partial charge < -0.3 is 40.5 Å². The molecule has 48 heavy (non-hydrogen) atoms. The van der Waals surface area contributed by atoms with E-state index in [1.807, 2.05) is 44.2 Å². The van der Waals surface area contributed by atoms with Crippen LogP contribution in [0, 0.1) is 0 Å². The zero-order valence-electron chi connectivity index (χ0n) is 28.1. The molecule has 15 heteroatoms. The Balaban J connectivity index is 0.000000365. The van der Waals surface area contributed by atoms with Crippen LogP contribution in [-0.4, -0.2) is 97.8 Å². The zero-order chi connectivity index (χ0) is 36.4. The van der Waals surface area contributed by atoms with Crippen LogP contribution in [0.5, 0.6) is 0 Å². The highest BCUT2D eigenvalue weighted by molar-refractivity contribution is 8.01. The molecule has 0 bridgehead atoms. The van der Waals surface area contributed by atoms with Crippen molar-refractivity contribution >= 4 is 52.7 Å². The van der Waals surface area contributed by atoms with Gasteiger partial charge in [-0.25, -0.2) is 19.2 Å². The van der Waals surface area contributed by atoms with Crippen LogP contribution in [0.3, 0.4) is 0 Å². The van der Waals surface area contributed by atoms with Gasteiger partial charge in [0.15, 0.2) is 6.04 Å². The molecule has 266 valence electrons. The molecule has 0 aliphatic carbocycles. The van der Waals surface area contributed by atoms with Crippen molar-refractivity contribution in [2.24, 2.45) is 5.73 Å². The number of nitrogens with one attached hydrogen (secondary N) is 1. The Morgan fingerprint density at radius 2 is 1.48 bits per heavy atom. The van der Waals surface area contributed by atoms with E-state index >= 15 is 0 Å². The van der Waals surface area contributed by atoms with Gasteiger partial charge in [0.25, 0.3) is 0 Å². The van der Waals surface area contributed by atoms with E-state index in [0.717, 1.165) is 5.56 Å². The minimum atomic E-state index is -1.14. The number of hydrogen-bond donors (Lipinski definition) is 4. The molecule has 2 fully saturated rings. The largest absolute Gasteiger partial charge is 0.480 e. The molecule has 0 aromatic heterocycles. The molecule has 2 aliphatic heterocycles. The van der Waals surface area contributed by atoms with Crippen LogP contribution in [-0.2, 0) is 30.5 Å². The number of thioether (sulfide) groups is 1. The van der Waals surface area contributed by atoms with Gasteiger partial charge in [-0.15, -0.1) is 11.8 Å². The molecule has 0 radical (unpaired) electrons. The van der Waals surface area contributed by atoms with Crippen LogP contribution in [0.15, 0.2) is 60.7 Å². The summed E-state index contributed by atoms with van der Waals surface area (Å²) < 4.78 is 8.73. The topological polar surface area (TPSA) is 189 Å². The van der Waals surface area contributed by atoms with Gasteiger partial charge in [0, 0.05) is 16.3 Å². The molecule has 2 aromatic carbocycles. The minimum absolute atomic E-state index is 0.0911. The number of hydrogen-bond acceptors (Lipinski definition) is 10. The second-order valence-corrected chi connectivity index (χ2v) is 12.9. The smallest absolute Gasteiger partial charge is 0.408 e. The first-order chi connectivity index (χ1) is 22.6. The second-order valence-electron chi connectivity index (χ2n) is 10.8. The maximum atomic E-state index is 11.7. The van der Waals surface area contributed by atoms with Gasteiger partial charge in [-0.3, -0.25) is 4.79 Å². The number of amides is 2. The number of halogens is 1. The van der Waals surface area contributed by atoms with E-state index in [9.17, 15) is 29.1 Å². The summed E-state index contributed by atoms with van der Waals surface area (Å²) in [5.74, 6) is -2.34. The number of nitrogens with two attached hydrogens (primary N) is 1. The van der Waals surface area contributed by atoms with Crippen LogP contribution in [0.4, 0.5) is 9.59 Å². The Kier molecular flexibility index (Phi) is 18.6. The van der Waals surface area contributed by atoms with Crippen molar-refractivity contribution in [1.82, 2.24) is 15.1 Å². The normalized spacial score (nSPS) is 18.9. The van der Waals surface area contributed by atoms with Crippen LogP contribution in [0.2, 0.25) is 0 Å². The molecule has 0 saturated carbocycles. The third-order valence-corrected chi connectivity index (χ3v) is 8.87. The van der Waals surface area contributed by atoms with Gasteiger partial charge in [-0.2, -0.15) is 0 Å². The number of carbonyl (C=O) groups is 5. The molecule has 13 nitrogen and oxygen atoms in total. The average Bonchev–Trinajstić information content (AvgIpc) is 3.33. The molecule has 2 aliphatic rings. The van der Waals surface area contributed by atoms with Crippen LogP contribution >= 0.6 is 23.4 Å². The van der Waals surface area contributed by atoms with Gasteiger partial charge in [0.05, 0.1) is 6.61 Å². The number of benzene rings is 2. The lowest BCUT2D eigenvalue weighted by molar-refractivity contribution is -0.159. The van der Waals surface area contributed by atoms with E-state index in [4.69, 9.17) is 27.2 Å². The van der Waals surface area contributed by atoms with Gasteiger partial charge in [-0.05, 0) is 51.5 Å². The summed E-state index contributed by atoms with van der Waals surface area (Å²) in [6.07, 6.45) is -0.768. The van der Waals surface area contributed by atoms with E-state index < -0.39 is 46.3 Å². The Bertz CT molecular complexity index is 1310. The Hall–Kier alpha value is -3.85. The average molecular weight is 711 g/mol. The van der Waals surface area contributed by atoms with Crippen LogP contribution in [0.25, 0.3) is 0 Å². The molecular formula is C33H47ClN4O9S. The van der Waals surface area contributed by atoms with E-state index in [1.54, 1.807) is 37.3 Å². The number of ether oxygens (including phenoxy) is 2. The first-order valence-electron chi connectivity index (χ1n) is 15.4. The monoisotopic (exact) mass is 710 g/mol. The number of carbonyl (C=O) groups excluding carboxylic acids is 3. The lowest BCUT2D eigenvalue weighted by Gasteiger charge is -2.41. The maximum absolute atomic E-state index is 11.7. The summed E-state index contributed by atoms with van der Waals surface area (Å²) in [5.41, 5.74) is 6.17. The summed E-state index contributed by atoms with van der Waals surface area (Å²) in [4.78, 5) is 58.7. The van der Waals surface area contributed by atoms with Crippen molar-refractivity contribution in [3.63, 3.8) is 0 Å². The molecule has 2 amide bonds. The van der Waals surface area contributed by atoms with Gasteiger partial charge in [-0.1, -0.05) is 81.4 Å². The number of aliphatic carboxylic acids is 2. The molecule has 0 spiro atoms. The van der Waals surface area contributed by atoms with E-state index in [1.165, 1.54) is 36.3 Å².